The highest BCUT2D eigenvalue weighted by molar-refractivity contribution is 5.90. The lowest BCUT2D eigenvalue weighted by Gasteiger charge is -2.14. The van der Waals surface area contributed by atoms with Crippen molar-refractivity contribution in [2.24, 2.45) is 0 Å². The number of hydrogen-bond acceptors (Lipinski definition) is 3. The van der Waals surface area contributed by atoms with Crippen LogP contribution in [0.4, 0.5) is 0 Å². The first-order chi connectivity index (χ1) is 6.97. The minimum Gasteiger partial charge on any atom is -0.291 e. The van der Waals surface area contributed by atoms with Crippen LogP contribution in [0.15, 0.2) is 0 Å². The summed E-state index contributed by atoms with van der Waals surface area (Å²) in [5, 5.41) is 0. The molecule has 0 saturated heterocycles. The molecule has 0 saturated carbocycles. The first-order valence-electron chi connectivity index (χ1n) is 5.35. The summed E-state index contributed by atoms with van der Waals surface area (Å²) in [5.74, 6) is 0.679. The molecule has 82 valence electrons. The van der Waals surface area contributed by atoms with E-state index in [1.807, 2.05) is 6.92 Å². The zero-order valence-electron chi connectivity index (χ0n) is 10.1. The Balaban J connectivity index is 3.37. The van der Waals surface area contributed by atoms with Crippen LogP contribution < -0.4 is 0 Å². The maximum absolute atomic E-state index is 11.2. The molecule has 0 amide bonds. The Labute approximate surface area is 91.0 Å². The van der Waals surface area contributed by atoms with Gasteiger partial charge in [-0.15, -0.1) is 0 Å². The van der Waals surface area contributed by atoms with E-state index in [-0.39, 0.29) is 5.78 Å². The largest absolute Gasteiger partial charge is 0.291 e. The second kappa shape index (κ2) is 4.51. The number of carbonyl (C=O) groups is 1. The molecule has 0 aliphatic carbocycles. The molecule has 1 heterocycles. The number of aryl methyl sites for hydroxylation is 2. The van der Waals surface area contributed by atoms with Crippen molar-refractivity contribution in [1.82, 2.24) is 9.97 Å². The quantitative estimate of drug-likeness (QED) is 0.714. The van der Waals surface area contributed by atoms with E-state index in [0.717, 1.165) is 17.8 Å². The lowest BCUT2D eigenvalue weighted by molar-refractivity contribution is 0.100. The third-order valence-electron chi connectivity index (χ3n) is 2.44. The zero-order valence-corrected chi connectivity index (χ0v) is 10.1. The maximum atomic E-state index is 11.2. The van der Waals surface area contributed by atoms with Crippen LogP contribution in [0.2, 0.25) is 0 Å². The van der Waals surface area contributed by atoms with Crippen LogP contribution in [0.1, 0.15) is 61.2 Å². The van der Waals surface area contributed by atoms with Crippen LogP contribution in [0.3, 0.4) is 0 Å². The SMILES string of the molecule is CCc1nc(C(C)=O)nc(C)c1C(C)C. The molecule has 0 unspecified atom stereocenters. The highest BCUT2D eigenvalue weighted by Gasteiger charge is 2.14. The molecule has 0 aliphatic rings. The summed E-state index contributed by atoms with van der Waals surface area (Å²) < 4.78 is 0. The fraction of sp³-hybridized carbons (Fsp3) is 0.583. The molecule has 0 bridgehead atoms. The van der Waals surface area contributed by atoms with Crippen LogP contribution in [-0.2, 0) is 6.42 Å². The molecule has 1 aromatic rings. The molecule has 0 atom stereocenters. The van der Waals surface area contributed by atoms with Gasteiger partial charge in [0.25, 0.3) is 0 Å². The Kier molecular flexibility index (Phi) is 3.56. The van der Waals surface area contributed by atoms with Gasteiger partial charge in [-0.1, -0.05) is 20.8 Å². The van der Waals surface area contributed by atoms with Crippen LogP contribution in [0.25, 0.3) is 0 Å². The van der Waals surface area contributed by atoms with Gasteiger partial charge >= 0.3 is 0 Å². The van der Waals surface area contributed by atoms with Gasteiger partial charge in [0.1, 0.15) is 0 Å². The third-order valence-corrected chi connectivity index (χ3v) is 2.44. The van der Waals surface area contributed by atoms with Gasteiger partial charge in [-0.2, -0.15) is 0 Å². The predicted octanol–water partition coefficient (Wildman–Crippen LogP) is 2.67. The first-order valence-corrected chi connectivity index (χ1v) is 5.35. The highest BCUT2D eigenvalue weighted by Crippen LogP contribution is 2.21. The number of rotatable bonds is 3. The van der Waals surface area contributed by atoms with Crippen molar-refractivity contribution < 1.29 is 4.79 Å². The summed E-state index contributed by atoms with van der Waals surface area (Å²) in [6, 6.07) is 0. The zero-order chi connectivity index (χ0) is 11.6. The molecule has 1 aromatic heterocycles. The number of ketones is 1. The van der Waals surface area contributed by atoms with E-state index in [0.29, 0.717) is 11.7 Å². The first kappa shape index (κ1) is 11.8. The lowest BCUT2D eigenvalue weighted by atomic mass is 9.98. The average molecular weight is 206 g/mol. The molecule has 0 spiro atoms. The van der Waals surface area contributed by atoms with Crippen molar-refractivity contribution in [2.45, 2.75) is 47.0 Å². The molecule has 0 radical (unpaired) electrons. The van der Waals surface area contributed by atoms with Crippen LogP contribution in [0.5, 0.6) is 0 Å². The summed E-state index contributed by atoms with van der Waals surface area (Å²) in [6.45, 7) is 9.75. The molecular weight excluding hydrogens is 188 g/mol. The highest BCUT2D eigenvalue weighted by atomic mass is 16.1. The smallest absolute Gasteiger partial charge is 0.196 e. The van der Waals surface area contributed by atoms with E-state index in [1.54, 1.807) is 0 Å². The minimum absolute atomic E-state index is 0.0666. The Morgan fingerprint density at radius 3 is 2.33 bits per heavy atom. The van der Waals surface area contributed by atoms with Gasteiger partial charge in [0, 0.05) is 18.3 Å². The normalized spacial score (nSPS) is 10.8. The summed E-state index contributed by atoms with van der Waals surface area (Å²) in [7, 11) is 0. The molecule has 0 N–H and O–H groups in total. The Hall–Kier alpha value is -1.25. The van der Waals surface area contributed by atoms with E-state index in [4.69, 9.17) is 0 Å². The van der Waals surface area contributed by atoms with E-state index >= 15 is 0 Å². The molecule has 15 heavy (non-hydrogen) atoms. The molecule has 0 fully saturated rings. The summed E-state index contributed by atoms with van der Waals surface area (Å²) in [6.07, 6.45) is 0.844. The summed E-state index contributed by atoms with van der Waals surface area (Å²) in [5.41, 5.74) is 3.12. The van der Waals surface area contributed by atoms with Gasteiger partial charge < -0.3 is 0 Å². The van der Waals surface area contributed by atoms with Gasteiger partial charge in [0.2, 0.25) is 0 Å². The predicted molar refractivity (Wildman–Crippen MR) is 60.2 cm³/mol. The number of nitrogens with zero attached hydrogens (tertiary/aromatic N) is 2. The number of carbonyl (C=O) groups excluding carboxylic acids is 1. The number of aromatic nitrogens is 2. The van der Waals surface area contributed by atoms with Crippen molar-refractivity contribution in [2.75, 3.05) is 0 Å². The molecular formula is C12H18N2O. The van der Waals surface area contributed by atoms with Crippen molar-refractivity contribution >= 4 is 5.78 Å². The number of Topliss-reactive ketones (excluding diaryl/α,β-unsaturated/α-hetero) is 1. The second-order valence-electron chi connectivity index (χ2n) is 4.06. The fourth-order valence-corrected chi connectivity index (χ4v) is 1.82. The van der Waals surface area contributed by atoms with Crippen LogP contribution >= 0.6 is 0 Å². The number of hydrogen-bond donors (Lipinski definition) is 0. The summed E-state index contributed by atoms with van der Waals surface area (Å²) in [4.78, 5) is 19.8. The third kappa shape index (κ3) is 2.41. The molecule has 0 aliphatic heterocycles. The van der Waals surface area contributed by atoms with Gasteiger partial charge in [-0.25, -0.2) is 9.97 Å². The van der Waals surface area contributed by atoms with Crippen LogP contribution in [0, 0.1) is 6.92 Å². The fourth-order valence-electron chi connectivity index (χ4n) is 1.82. The Morgan fingerprint density at radius 1 is 1.33 bits per heavy atom. The standard InChI is InChI=1S/C12H18N2O/c1-6-10-11(7(2)3)8(4)13-12(14-10)9(5)15/h7H,6H2,1-5H3. The van der Waals surface area contributed by atoms with E-state index in [9.17, 15) is 4.79 Å². The monoisotopic (exact) mass is 206 g/mol. The average Bonchev–Trinajstić information content (AvgIpc) is 2.15. The topological polar surface area (TPSA) is 42.9 Å². The summed E-state index contributed by atoms with van der Waals surface area (Å²) >= 11 is 0. The lowest BCUT2D eigenvalue weighted by Crippen LogP contribution is -2.11. The Morgan fingerprint density at radius 2 is 1.93 bits per heavy atom. The molecule has 3 heteroatoms. The van der Waals surface area contributed by atoms with Gasteiger partial charge in [0.05, 0.1) is 0 Å². The minimum atomic E-state index is -0.0666. The molecule has 1 rings (SSSR count). The van der Waals surface area contributed by atoms with Crippen LogP contribution in [-0.4, -0.2) is 15.8 Å². The maximum Gasteiger partial charge on any atom is 0.196 e. The van der Waals surface area contributed by atoms with Crippen molar-refractivity contribution in [3.8, 4) is 0 Å². The van der Waals surface area contributed by atoms with Gasteiger partial charge in [0.15, 0.2) is 11.6 Å². The van der Waals surface area contributed by atoms with E-state index < -0.39 is 0 Å². The van der Waals surface area contributed by atoms with Gasteiger partial charge in [-0.3, -0.25) is 4.79 Å². The molecule has 0 aromatic carbocycles. The molecule has 3 nitrogen and oxygen atoms in total. The van der Waals surface area contributed by atoms with E-state index in [2.05, 4.69) is 30.7 Å². The van der Waals surface area contributed by atoms with E-state index in [1.165, 1.54) is 12.5 Å². The second-order valence-corrected chi connectivity index (χ2v) is 4.06. The van der Waals surface area contributed by atoms with Crippen molar-refractivity contribution in [3.63, 3.8) is 0 Å². The van der Waals surface area contributed by atoms with Gasteiger partial charge in [-0.05, 0) is 24.8 Å². The van der Waals surface area contributed by atoms with Crippen molar-refractivity contribution in [1.29, 1.82) is 0 Å². The Bertz CT molecular complexity index is 383. The van der Waals surface area contributed by atoms with Crippen molar-refractivity contribution in [3.05, 3.63) is 22.8 Å².